The molecule has 2 fully saturated rings. The van der Waals surface area contributed by atoms with Gasteiger partial charge in [-0.15, -0.1) is 0 Å². The van der Waals surface area contributed by atoms with Gasteiger partial charge in [0.1, 0.15) is 0 Å². The summed E-state index contributed by atoms with van der Waals surface area (Å²) < 4.78 is 0. The zero-order chi connectivity index (χ0) is 13.2. The van der Waals surface area contributed by atoms with Gasteiger partial charge in [0.15, 0.2) is 0 Å². The van der Waals surface area contributed by atoms with Gasteiger partial charge in [0.05, 0.1) is 5.56 Å². The van der Waals surface area contributed by atoms with Crippen LogP contribution >= 0.6 is 11.3 Å². The van der Waals surface area contributed by atoms with Crippen LogP contribution in [0.5, 0.6) is 0 Å². The van der Waals surface area contributed by atoms with Crippen molar-refractivity contribution in [2.24, 2.45) is 5.92 Å². The number of nitrogens with zero attached hydrogens (tertiary/aromatic N) is 1. The third-order valence-electron chi connectivity index (χ3n) is 4.19. The Bertz CT molecular complexity index is 447. The van der Waals surface area contributed by atoms with Crippen LogP contribution in [0.4, 0.5) is 0 Å². The van der Waals surface area contributed by atoms with E-state index in [4.69, 9.17) is 0 Å². The average Bonchev–Trinajstić information content (AvgIpc) is 3.18. The van der Waals surface area contributed by atoms with Gasteiger partial charge in [-0.2, -0.15) is 11.3 Å². The predicted octanol–water partition coefficient (Wildman–Crippen LogP) is 2.66. The van der Waals surface area contributed by atoms with Gasteiger partial charge < -0.3 is 10.2 Å². The molecule has 1 aromatic rings. The summed E-state index contributed by atoms with van der Waals surface area (Å²) in [7, 11) is 0. The molecule has 1 N–H and O–H groups in total. The summed E-state index contributed by atoms with van der Waals surface area (Å²) in [6, 6.07) is 0.508. The second kappa shape index (κ2) is 5.63. The first-order valence-electron chi connectivity index (χ1n) is 7.30. The lowest BCUT2D eigenvalue weighted by atomic mass is 9.98. The summed E-state index contributed by atoms with van der Waals surface area (Å²) in [6.45, 7) is 5.18. The van der Waals surface area contributed by atoms with E-state index in [1.54, 1.807) is 11.3 Å². The second-order valence-electron chi connectivity index (χ2n) is 5.87. The Kier molecular flexibility index (Phi) is 3.89. The van der Waals surface area contributed by atoms with Crippen LogP contribution in [0.2, 0.25) is 0 Å². The molecule has 19 heavy (non-hydrogen) atoms. The van der Waals surface area contributed by atoms with Crippen LogP contribution in [0.1, 0.15) is 41.6 Å². The SMILES string of the molecule is Cc1cscc1C(=O)N(CC1CCCNC1)C1CC1. The lowest BCUT2D eigenvalue weighted by molar-refractivity contribution is 0.0704. The maximum atomic E-state index is 12.7. The maximum absolute atomic E-state index is 12.7. The quantitative estimate of drug-likeness (QED) is 0.918. The second-order valence-corrected chi connectivity index (χ2v) is 6.61. The van der Waals surface area contributed by atoms with Crippen molar-refractivity contribution in [3.8, 4) is 0 Å². The van der Waals surface area contributed by atoms with Gasteiger partial charge in [-0.1, -0.05) is 0 Å². The smallest absolute Gasteiger partial charge is 0.255 e. The Morgan fingerprint density at radius 1 is 1.42 bits per heavy atom. The highest BCUT2D eigenvalue weighted by molar-refractivity contribution is 7.08. The topological polar surface area (TPSA) is 32.3 Å². The summed E-state index contributed by atoms with van der Waals surface area (Å²) in [5.41, 5.74) is 2.04. The van der Waals surface area contributed by atoms with Crippen LogP contribution in [0.3, 0.4) is 0 Å². The predicted molar refractivity (Wildman–Crippen MR) is 78.7 cm³/mol. The molecule has 1 saturated heterocycles. The van der Waals surface area contributed by atoms with Crippen LogP contribution in [-0.2, 0) is 0 Å². The number of aryl methyl sites for hydroxylation is 1. The first-order valence-corrected chi connectivity index (χ1v) is 8.24. The fraction of sp³-hybridized carbons (Fsp3) is 0.667. The number of carbonyl (C=O) groups is 1. The van der Waals surface area contributed by atoms with Gasteiger partial charge in [-0.05, 0) is 62.6 Å². The molecule has 0 radical (unpaired) electrons. The van der Waals surface area contributed by atoms with Crippen LogP contribution in [-0.4, -0.2) is 36.5 Å². The molecule has 2 aliphatic rings. The first kappa shape index (κ1) is 13.1. The van der Waals surface area contributed by atoms with E-state index in [1.807, 2.05) is 12.3 Å². The third-order valence-corrected chi connectivity index (χ3v) is 5.05. The van der Waals surface area contributed by atoms with Crippen LogP contribution in [0.15, 0.2) is 10.8 Å². The molecular formula is C15H22N2OS. The van der Waals surface area contributed by atoms with Crippen LogP contribution in [0.25, 0.3) is 0 Å². The molecule has 1 atom stereocenters. The van der Waals surface area contributed by atoms with Gasteiger partial charge in [-0.25, -0.2) is 0 Å². The number of carbonyl (C=O) groups excluding carboxylic acids is 1. The van der Waals surface area contributed by atoms with Crippen molar-refractivity contribution >= 4 is 17.2 Å². The summed E-state index contributed by atoms with van der Waals surface area (Å²) in [5, 5.41) is 7.52. The van der Waals surface area contributed by atoms with Gasteiger partial charge in [0.2, 0.25) is 0 Å². The number of hydrogen-bond donors (Lipinski definition) is 1. The third kappa shape index (κ3) is 3.00. The molecule has 1 saturated carbocycles. The number of nitrogens with one attached hydrogen (secondary N) is 1. The molecule has 1 aromatic heterocycles. The maximum Gasteiger partial charge on any atom is 0.255 e. The van der Waals surface area contributed by atoms with Gasteiger partial charge >= 0.3 is 0 Å². The van der Waals surface area contributed by atoms with Crippen LogP contribution in [0, 0.1) is 12.8 Å². The highest BCUT2D eigenvalue weighted by Crippen LogP contribution is 2.31. The van der Waals surface area contributed by atoms with Crippen molar-refractivity contribution in [2.45, 2.75) is 38.6 Å². The Hall–Kier alpha value is -0.870. The molecule has 0 spiro atoms. The van der Waals surface area contributed by atoms with Crippen molar-refractivity contribution in [1.29, 1.82) is 0 Å². The summed E-state index contributed by atoms with van der Waals surface area (Å²) >= 11 is 1.63. The van der Waals surface area contributed by atoms with Gasteiger partial charge in [0, 0.05) is 18.0 Å². The Morgan fingerprint density at radius 3 is 2.84 bits per heavy atom. The molecule has 0 aromatic carbocycles. The normalized spacial score (nSPS) is 23.3. The largest absolute Gasteiger partial charge is 0.335 e. The van der Waals surface area contributed by atoms with Crippen molar-refractivity contribution in [3.63, 3.8) is 0 Å². The minimum atomic E-state index is 0.256. The highest BCUT2D eigenvalue weighted by atomic mass is 32.1. The van der Waals surface area contributed by atoms with E-state index in [0.717, 1.165) is 30.8 Å². The molecule has 4 heteroatoms. The summed E-state index contributed by atoms with van der Waals surface area (Å²) in [5.74, 6) is 0.893. The van der Waals surface area contributed by atoms with E-state index < -0.39 is 0 Å². The molecular weight excluding hydrogens is 256 g/mol. The van der Waals surface area contributed by atoms with E-state index in [-0.39, 0.29) is 5.91 Å². The van der Waals surface area contributed by atoms with E-state index in [2.05, 4.69) is 15.6 Å². The molecule has 2 heterocycles. The van der Waals surface area contributed by atoms with E-state index >= 15 is 0 Å². The first-order chi connectivity index (χ1) is 9.25. The van der Waals surface area contributed by atoms with Crippen molar-refractivity contribution < 1.29 is 4.79 Å². The molecule has 1 unspecified atom stereocenters. The van der Waals surface area contributed by atoms with Crippen molar-refractivity contribution in [3.05, 3.63) is 21.9 Å². The van der Waals surface area contributed by atoms with Crippen LogP contribution < -0.4 is 5.32 Å². The summed E-state index contributed by atoms with van der Waals surface area (Å²) in [6.07, 6.45) is 4.88. The van der Waals surface area contributed by atoms with E-state index in [0.29, 0.717) is 12.0 Å². The average molecular weight is 278 g/mol. The molecule has 1 aliphatic heterocycles. The zero-order valence-corrected chi connectivity index (χ0v) is 12.3. The fourth-order valence-corrected chi connectivity index (χ4v) is 3.70. The molecule has 104 valence electrons. The highest BCUT2D eigenvalue weighted by Gasteiger charge is 2.35. The fourth-order valence-electron chi connectivity index (χ4n) is 2.88. The van der Waals surface area contributed by atoms with Gasteiger partial charge in [-0.3, -0.25) is 4.79 Å². The standard InChI is InChI=1S/C15H22N2OS/c1-11-9-19-10-14(11)15(18)17(13-4-5-13)8-12-3-2-6-16-7-12/h9-10,12-13,16H,2-8H2,1H3. The molecule has 1 aliphatic carbocycles. The monoisotopic (exact) mass is 278 g/mol. The number of thiophene rings is 1. The zero-order valence-electron chi connectivity index (χ0n) is 11.5. The Morgan fingerprint density at radius 2 is 2.26 bits per heavy atom. The lowest BCUT2D eigenvalue weighted by Crippen LogP contribution is -2.42. The number of hydrogen-bond acceptors (Lipinski definition) is 3. The van der Waals surface area contributed by atoms with Crippen molar-refractivity contribution in [1.82, 2.24) is 10.2 Å². The van der Waals surface area contributed by atoms with Gasteiger partial charge in [0.25, 0.3) is 5.91 Å². The minimum Gasteiger partial charge on any atom is -0.335 e. The van der Waals surface area contributed by atoms with Crippen molar-refractivity contribution in [2.75, 3.05) is 19.6 Å². The van der Waals surface area contributed by atoms with E-state index in [1.165, 1.54) is 25.7 Å². The van der Waals surface area contributed by atoms with E-state index in [9.17, 15) is 4.79 Å². The minimum absolute atomic E-state index is 0.256. The molecule has 1 amide bonds. The Labute approximate surface area is 119 Å². The Balaban J connectivity index is 1.70. The lowest BCUT2D eigenvalue weighted by Gasteiger charge is -2.30. The number of amides is 1. The molecule has 0 bridgehead atoms. The summed E-state index contributed by atoms with van der Waals surface area (Å²) in [4.78, 5) is 14.8. The number of piperidine rings is 1. The molecule has 3 nitrogen and oxygen atoms in total. The number of rotatable bonds is 4. The molecule has 3 rings (SSSR count).